The number of phenolic OH excluding ortho intramolecular Hbond substituents is 1. The molecule has 94 valence electrons. The molecule has 0 aliphatic carbocycles. The molecule has 0 heterocycles. The van der Waals surface area contributed by atoms with Crippen molar-refractivity contribution in [2.75, 3.05) is 32.4 Å². The fourth-order valence-electron chi connectivity index (χ4n) is 1.09. The number of carbonyl (C=O) groups excluding carboxylic acids is 1. The fraction of sp³-hybridized carbons (Fsp3) is 0.364. The van der Waals surface area contributed by atoms with Crippen LogP contribution in [0.1, 0.15) is 0 Å². The summed E-state index contributed by atoms with van der Waals surface area (Å²) in [6.45, 7) is 1.01. The average molecular weight is 240 g/mol. The van der Waals surface area contributed by atoms with Gasteiger partial charge in [-0.2, -0.15) is 0 Å². The zero-order valence-electron chi connectivity index (χ0n) is 9.60. The highest BCUT2D eigenvalue weighted by Crippen LogP contribution is 2.14. The molecule has 0 atom stereocenters. The monoisotopic (exact) mass is 240 g/mol. The van der Waals surface area contributed by atoms with Crippen LogP contribution >= 0.6 is 0 Å². The van der Waals surface area contributed by atoms with Crippen LogP contribution in [-0.2, 0) is 9.47 Å². The van der Waals surface area contributed by atoms with E-state index in [9.17, 15) is 9.90 Å². The minimum absolute atomic E-state index is 0.0964. The number of aromatic hydroxyl groups is 1. The van der Waals surface area contributed by atoms with Crippen molar-refractivity contribution in [1.82, 2.24) is 5.32 Å². The van der Waals surface area contributed by atoms with Crippen molar-refractivity contribution < 1.29 is 19.4 Å². The minimum Gasteiger partial charge on any atom is -0.508 e. The summed E-state index contributed by atoms with van der Waals surface area (Å²) in [6, 6.07) is 5.89. The van der Waals surface area contributed by atoms with E-state index in [1.807, 2.05) is 0 Å². The van der Waals surface area contributed by atoms with E-state index >= 15 is 0 Å². The number of phenols is 1. The van der Waals surface area contributed by atoms with E-state index in [1.165, 1.54) is 12.1 Å². The van der Waals surface area contributed by atoms with Crippen LogP contribution in [0.15, 0.2) is 24.3 Å². The summed E-state index contributed by atoms with van der Waals surface area (Å²) in [7, 11) is 1.57. The second-order valence-electron chi connectivity index (χ2n) is 3.23. The van der Waals surface area contributed by atoms with Crippen LogP contribution in [0.25, 0.3) is 0 Å². The Bertz CT molecular complexity index is 357. The van der Waals surface area contributed by atoms with E-state index < -0.39 is 6.03 Å². The molecule has 6 heteroatoms. The lowest BCUT2D eigenvalue weighted by atomic mass is 10.3. The van der Waals surface area contributed by atoms with Crippen LogP contribution in [0.4, 0.5) is 10.5 Å². The predicted molar refractivity (Wildman–Crippen MR) is 63.0 cm³/mol. The molecule has 0 aliphatic heterocycles. The third-order valence-electron chi connectivity index (χ3n) is 1.87. The van der Waals surface area contributed by atoms with Gasteiger partial charge in [0.05, 0.1) is 13.2 Å². The van der Waals surface area contributed by atoms with Gasteiger partial charge in [-0.3, -0.25) is 0 Å². The summed E-state index contributed by atoms with van der Waals surface area (Å²) in [5, 5.41) is 14.2. The zero-order valence-corrected chi connectivity index (χ0v) is 9.60. The van der Waals surface area contributed by atoms with E-state index in [2.05, 4.69) is 10.6 Å². The highest BCUT2D eigenvalue weighted by atomic mass is 16.5. The van der Waals surface area contributed by atoms with Crippen LogP contribution in [0.5, 0.6) is 5.75 Å². The molecule has 17 heavy (non-hydrogen) atoms. The smallest absolute Gasteiger partial charge is 0.321 e. The molecule has 0 fully saturated rings. The van der Waals surface area contributed by atoms with E-state index in [0.29, 0.717) is 18.9 Å². The first kappa shape index (κ1) is 13.3. The number of amides is 2. The minimum atomic E-state index is -0.395. The highest BCUT2D eigenvalue weighted by molar-refractivity contribution is 5.89. The Kier molecular flexibility index (Phi) is 5.84. The number of urea groups is 1. The van der Waals surface area contributed by atoms with Crippen LogP contribution in [0.2, 0.25) is 0 Å². The molecule has 0 bridgehead atoms. The number of rotatable bonds is 6. The van der Waals surface area contributed by atoms with E-state index in [4.69, 9.17) is 9.47 Å². The van der Waals surface area contributed by atoms with Crippen molar-refractivity contribution in [3.05, 3.63) is 24.3 Å². The van der Waals surface area contributed by atoms with Gasteiger partial charge in [0.2, 0.25) is 0 Å². The number of hydrogen-bond acceptors (Lipinski definition) is 4. The quantitative estimate of drug-likeness (QED) is 0.514. The van der Waals surface area contributed by atoms with E-state index in [-0.39, 0.29) is 12.5 Å². The molecule has 0 spiro atoms. The van der Waals surface area contributed by atoms with Gasteiger partial charge < -0.3 is 25.2 Å². The standard InChI is InChI=1S/C11H16N2O4/c1-16-5-6-17-8-12-11(15)13-9-3-2-4-10(14)7-9/h2-4,7,14H,5-6,8H2,1H3,(H2,12,13,15). The van der Waals surface area contributed by atoms with Gasteiger partial charge in [-0.15, -0.1) is 0 Å². The molecule has 6 nitrogen and oxygen atoms in total. The molecule has 0 unspecified atom stereocenters. The van der Waals surface area contributed by atoms with Gasteiger partial charge >= 0.3 is 6.03 Å². The third kappa shape index (κ3) is 5.74. The Balaban J connectivity index is 2.21. The van der Waals surface area contributed by atoms with E-state index in [1.54, 1.807) is 19.2 Å². The van der Waals surface area contributed by atoms with Gasteiger partial charge in [0.25, 0.3) is 0 Å². The summed E-state index contributed by atoms with van der Waals surface area (Å²) in [6.07, 6.45) is 0. The topological polar surface area (TPSA) is 79.8 Å². The van der Waals surface area contributed by atoms with Crippen molar-refractivity contribution in [2.24, 2.45) is 0 Å². The normalized spacial score (nSPS) is 9.94. The highest BCUT2D eigenvalue weighted by Gasteiger charge is 2.01. The second kappa shape index (κ2) is 7.48. The molecular weight excluding hydrogens is 224 g/mol. The number of ether oxygens (including phenoxy) is 2. The lowest BCUT2D eigenvalue weighted by Gasteiger charge is -2.08. The summed E-state index contributed by atoms with van der Waals surface area (Å²) < 4.78 is 9.84. The summed E-state index contributed by atoms with van der Waals surface area (Å²) >= 11 is 0. The van der Waals surface area contributed by atoms with Crippen molar-refractivity contribution in [3.8, 4) is 5.75 Å². The van der Waals surface area contributed by atoms with Gasteiger partial charge in [0.15, 0.2) is 0 Å². The molecule has 0 saturated carbocycles. The fourth-order valence-corrected chi connectivity index (χ4v) is 1.09. The Hall–Kier alpha value is -1.79. The van der Waals surface area contributed by atoms with E-state index in [0.717, 1.165) is 0 Å². The van der Waals surface area contributed by atoms with Gasteiger partial charge in [-0.1, -0.05) is 6.07 Å². The summed E-state index contributed by atoms with van der Waals surface area (Å²) in [5.41, 5.74) is 0.513. The van der Waals surface area contributed by atoms with Gasteiger partial charge in [-0.25, -0.2) is 4.79 Å². The molecule has 1 aromatic rings. The summed E-state index contributed by atoms with van der Waals surface area (Å²) in [5.74, 6) is 0.0964. The Labute approximate surface area is 99.5 Å². The van der Waals surface area contributed by atoms with Gasteiger partial charge in [-0.05, 0) is 12.1 Å². The average Bonchev–Trinajstić information content (AvgIpc) is 2.29. The molecule has 1 aromatic carbocycles. The maximum absolute atomic E-state index is 11.3. The molecule has 0 radical (unpaired) electrons. The number of nitrogens with one attached hydrogen (secondary N) is 2. The Morgan fingerprint density at radius 2 is 2.24 bits per heavy atom. The second-order valence-corrected chi connectivity index (χ2v) is 3.23. The predicted octanol–water partition coefficient (Wildman–Crippen LogP) is 1.13. The Morgan fingerprint density at radius 3 is 2.94 bits per heavy atom. The largest absolute Gasteiger partial charge is 0.508 e. The number of benzene rings is 1. The number of methoxy groups -OCH3 is 1. The lowest BCUT2D eigenvalue weighted by Crippen LogP contribution is -2.31. The first-order valence-corrected chi connectivity index (χ1v) is 5.13. The zero-order chi connectivity index (χ0) is 12.5. The van der Waals surface area contributed by atoms with Gasteiger partial charge in [0, 0.05) is 18.9 Å². The molecule has 0 aliphatic rings. The third-order valence-corrected chi connectivity index (χ3v) is 1.87. The van der Waals surface area contributed by atoms with Crippen LogP contribution in [0, 0.1) is 0 Å². The SMILES string of the molecule is COCCOCNC(=O)Nc1cccc(O)c1. The first-order chi connectivity index (χ1) is 8.22. The number of hydrogen-bond donors (Lipinski definition) is 3. The molecule has 2 amide bonds. The molecule has 1 rings (SSSR count). The Morgan fingerprint density at radius 1 is 1.41 bits per heavy atom. The van der Waals surface area contributed by atoms with Crippen LogP contribution in [0.3, 0.4) is 0 Å². The maximum Gasteiger partial charge on any atom is 0.321 e. The maximum atomic E-state index is 11.3. The lowest BCUT2D eigenvalue weighted by molar-refractivity contribution is 0.0650. The first-order valence-electron chi connectivity index (χ1n) is 5.13. The van der Waals surface area contributed by atoms with Gasteiger partial charge in [0.1, 0.15) is 12.5 Å². The van der Waals surface area contributed by atoms with Crippen molar-refractivity contribution >= 4 is 11.7 Å². The molecule has 0 saturated heterocycles. The van der Waals surface area contributed by atoms with Crippen LogP contribution < -0.4 is 10.6 Å². The number of carbonyl (C=O) groups is 1. The molecule has 3 N–H and O–H groups in total. The van der Waals surface area contributed by atoms with Crippen molar-refractivity contribution in [3.63, 3.8) is 0 Å². The number of anilines is 1. The van der Waals surface area contributed by atoms with Crippen LogP contribution in [-0.4, -0.2) is 38.2 Å². The van der Waals surface area contributed by atoms with Crippen molar-refractivity contribution in [1.29, 1.82) is 0 Å². The van der Waals surface area contributed by atoms with Crippen molar-refractivity contribution in [2.45, 2.75) is 0 Å². The molecule has 0 aromatic heterocycles. The molecular formula is C11H16N2O4. The summed E-state index contributed by atoms with van der Waals surface area (Å²) in [4.78, 5) is 11.3.